The van der Waals surface area contributed by atoms with Crippen LogP contribution in [0.1, 0.15) is 23.9 Å². The first-order valence-electron chi connectivity index (χ1n) is 6.49. The fourth-order valence-electron chi connectivity index (χ4n) is 1.99. The topological polar surface area (TPSA) is 73.8 Å². The molecule has 21 heavy (non-hydrogen) atoms. The molecule has 3 rings (SSSR count). The third-order valence-electron chi connectivity index (χ3n) is 3.12. The molecule has 2 aromatic heterocycles. The number of benzene rings is 1. The van der Waals surface area contributed by atoms with Crippen molar-refractivity contribution in [3.8, 4) is 0 Å². The van der Waals surface area contributed by atoms with E-state index in [1.165, 1.54) is 11.8 Å². The molecule has 3 aromatic rings. The first kappa shape index (κ1) is 13.8. The highest BCUT2D eigenvalue weighted by molar-refractivity contribution is 7.99. The zero-order valence-corrected chi connectivity index (χ0v) is 12.7. The van der Waals surface area contributed by atoms with Crippen LogP contribution in [0.2, 0.25) is 0 Å². The molecule has 0 saturated heterocycles. The molecule has 6 nitrogen and oxygen atoms in total. The summed E-state index contributed by atoms with van der Waals surface area (Å²) >= 11 is 1.42. The van der Waals surface area contributed by atoms with Crippen molar-refractivity contribution < 1.29 is 4.52 Å². The second-order valence-corrected chi connectivity index (χ2v) is 6.02. The summed E-state index contributed by atoms with van der Waals surface area (Å²) in [7, 11) is 1.72. The average molecular weight is 302 g/mol. The van der Waals surface area contributed by atoms with Gasteiger partial charge in [0.1, 0.15) is 0 Å². The molecule has 7 heteroatoms. The Morgan fingerprint density at radius 1 is 1.29 bits per heavy atom. The fourth-order valence-corrected chi connectivity index (χ4v) is 2.89. The molecule has 0 amide bonds. The van der Waals surface area contributed by atoms with Crippen LogP contribution in [0.15, 0.2) is 38.7 Å². The molecule has 0 bridgehead atoms. The van der Waals surface area contributed by atoms with Gasteiger partial charge in [0.15, 0.2) is 11.0 Å². The van der Waals surface area contributed by atoms with Crippen molar-refractivity contribution in [3.63, 3.8) is 0 Å². The van der Waals surface area contributed by atoms with Crippen molar-refractivity contribution in [2.75, 3.05) is 0 Å². The number of para-hydroxylation sites is 1. The van der Waals surface area contributed by atoms with Gasteiger partial charge in [-0.25, -0.2) is 4.98 Å². The van der Waals surface area contributed by atoms with Gasteiger partial charge in [-0.15, -0.1) is 0 Å². The molecule has 1 unspecified atom stereocenters. The van der Waals surface area contributed by atoms with Crippen LogP contribution in [-0.4, -0.2) is 19.7 Å². The first-order valence-corrected chi connectivity index (χ1v) is 7.37. The van der Waals surface area contributed by atoms with E-state index in [0.29, 0.717) is 27.8 Å². The van der Waals surface area contributed by atoms with Crippen molar-refractivity contribution in [1.82, 2.24) is 19.7 Å². The van der Waals surface area contributed by atoms with Crippen LogP contribution < -0.4 is 5.56 Å². The third-order valence-corrected chi connectivity index (χ3v) is 4.25. The molecular formula is C14H14N4O2S. The molecule has 1 aromatic carbocycles. The molecule has 108 valence electrons. The largest absolute Gasteiger partial charge is 0.338 e. The lowest BCUT2D eigenvalue weighted by atomic mass is 10.2. The standard InChI is InChI=1S/C14H14N4O2S/c1-8(12-15-9(2)17-20-12)21-14-16-11-7-5-4-6-10(11)13(19)18(14)3/h4-8H,1-3H3. The molecule has 0 spiro atoms. The maximum Gasteiger partial charge on any atom is 0.261 e. The lowest BCUT2D eigenvalue weighted by Gasteiger charge is -2.10. The molecule has 0 N–H and O–H groups in total. The Morgan fingerprint density at radius 3 is 2.76 bits per heavy atom. The number of fused-ring (bicyclic) bond motifs is 1. The number of hydrogen-bond donors (Lipinski definition) is 0. The molecule has 0 saturated carbocycles. The smallest absolute Gasteiger partial charge is 0.261 e. The van der Waals surface area contributed by atoms with Gasteiger partial charge >= 0.3 is 0 Å². The van der Waals surface area contributed by atoms with E-state index in [9.17, 15) is 4.79 Å². The van der Waals surface area contributed by atoms with Gasteiger partial charge in [0, 0.05) is 7.05 Å². The highest BCUT2D eigenvalue weighted by Gasteiger charge is 2.18. The van der Waals surface area contributed by atoms with E-state index in [0.717, 1.165) is 0 Å². The first-order chi connectivity index (χ1) is 10.1. The Kier molecular flexibility index (Phi) is 3.50. The van der Waals surface area contributed by atoms with Gasteiger partial charge < -0.3 is 4.52 Å². The van der Waals surface area contributed by atoms with Gasteiger partial charge in [0.2, 0.25) is 5.89 Å². The Labute approximate surface area is 125 Å². The molecule has 0 aliphatic rings. The number of aryl methyl sites for hydroxylation is 1. The van der Waals surface area contributed by atoms with Crippen molar-refractivity contribution in [3.05, 3.63) is 46.3 Å². The predicted octanol–water partition coefficient (Wildman–Crippen LogP) is 2.48. The van der Waals surface area contributed by atoms with Gasteiger partial charge in [-0.05, 0) is 26.0 Å². The third kappa shape index (κ3) is 2.56. The number of rotatable bonds is 3. The van der Waals surface area contributed by atoms with Crippen LogP contribution >= 0.6 is 11.8 Å². The van der Waals surface area contributed by atoms with E-state index >= 15 is 0 Å². The van der Waals surface area contributed by atoms with E-state index < -0.39 is 0 Å². The predicted molar refractivity (Wildman–Crippen MR) is 80.3 cm³/mol. The minimum atomic E-state index is -0.0783. The van der Waals surface area contributed by atoms with Crippen LogP contribution in [-0.2, 0) is 7.05 Å². The van der Waals surface area contributed by atoms with E-state index in [1.54, 1.807) is 24.6 Å². The second-order valence-electron chi connectivity index (χ2n) is 4.72. The summed E-state index contributed by atoms with van der Waals surface area (Å²) in [6, 6.07) is 7.32. The lowest BCUT2D eigenvalue weighted by Crippen LogP contribution is -2.20. The van der Waals surface area contributed by atoms with Crippen molar-refractivity contribution in [1.29, 1.82) is 0 Å². The molecule has 0 fully saturated rings. The Bertz CT molecular complexity index is 856. The summed E-state index contributed by atoms with van der Waals surface area (Å²) in [5.41, 5.74) is 0.633. The summed E-state index contributed by atoms with van der Waals surface area (Å²) < 4.78 is 6.71. The quantitative estimate of drug-likeness (QED) is 0.546. The molecule has 1 atom stereocenters. The number of aromatic nitrogens is 4. The van der Waals surface area contributed by atoms with Crippen molar-refractivity contribution >= 4 is 22.7 Å². The summed E-state index contributed by atoms with van der Waals surface area (Å²) in [5.74, 6) is 1.12. The SMILES string of the molecule is Cc1noc(C(C)Sc2nc3ccccc3c(=O)n2C)n1. The summed E-state index contributed by atoms with van der Waals surface area (Å²) in [5, 5.41) is 4.95. The lowest BCUT2D eigenvalue weighted by molar-refractivity contribution is 0.376. The molecule has 0 aliphatic heterocycles. The summed E-state index contributed by atoms with van der Waals surface area (Å²) in [4.78, 5) is 21.1. The normalized spacial score (nSPS) is 12.7. The minimum absolute atomic E-state index is 0.0583. The van der Waals surface area contributed by atoms with E-state index in [2.05, 4.69) is 15.1 Å². The van der Waals surface area contributed by atoms with Crippen LogP contribution in [0.5, 0.6) is 0 Å². The van der Waals surface area contributed by atoms with Crippen molar-refractivity contribution in [2.45, 2.75) is 24.3 Å². The fraction of sp³-hybridized carbons (Fsp3) is 0.286. The minimum Gasteiger partial charge on any atom is -0.338 e. The Balaban J connectivity index is 2.01. The molecular weight excluding hydrogens is 288 g/mol. The van der Waals surface area contributed by atoms with Gasteiger partial charge in [0.05, 0.1) is 16.2 Å². The average Bonchev–Trinajstić information content (AvgIpc) is 2.91. The number of thioether (sulfide) groups is 1. The Hall–Kier alpha value is -2.15. The molecule has 2 heterocycles. The molecule has 0 radical (unpaired) electrons. The van der Waals surface area contributed by atoms with Crippen LogP contribution in [0.4, 0.5) is 0 Å². The maximum absolute atomic E-state index is 12.3. The Morgan fingerprint density at radius 2 is 2.05 bits per heavy atom. The summed E-state index contributed by atoms with van der Waals surface area (Å²) in [6.07, 6.45) is 0. The van der Waals surface area contributed by atoms with E-state index in [-0.39, 0.29) is 10.8 Å². The van der Waals surface area contributed by atoms with Gasteiger partial charge in [0.25, 0.3) is 5.56 Å². The summed E-state index contributed by atoms with van der Waals surface area (Å²) in [6.45, 7) is 3.72. The van der Waals surface area contributed by atoms with Gasteiger partial charge in [-0.2, -0.15) is 4.98 Å². The van der Waals surface area contributed by atoms with Crippen molar-refractivity contribution in [2.24, 2.45) is 7.05 Å². The number of hydrogen-bond acceptors (Lipinski definition) is 6. The van der Waals surface area contributed by atoms with Crippen LogP contribution in [0.25, 0.3) is 10.9 Å². The highest BCUT2D eigenvalue weighted by atomic mass is 32.2. The zero-order chi connectivity index (χ0) is 15.0. The van der Waals surface area contributed by atoms with E-state index in [4.69, 9.17) is 4.52 Å². The second kappa shape index (κ2) is 5.33. The number of nitrogens with zero attached hydrogens (tertiary/aromatic N) is 4. The molecule has 0 aliphatic carbocycles. The van der Waals surface area contributed by atoms with Gasteiger partial charge in [-0.1, -0.05) is 29.1 Å². The maximum atomic E-state index is 12.3. The van der Waals surface area contributed by atoms with Crippen LogP contribution in [0.3, 0.4) is 0 Å². The van der Waals surface area contributed by atoms with Gasteiger partial charge in [-0.3, -0.25) is 9.36 Å². The zero-order valence-electron chi connectivity index (χ0n) is 11.9. The van der Waals surface area contributed by atoms with Crippen LogP contribution in [0, 0.1) is 6.92 Å². The highest BCUT2D eigenvalue weighted by Crippen LogP contribution is 2.32. The van der Waals surface area contributed by atoms with E-state index in [1.807, 2.05) is 25.1 Å². The monoisotopic (exact) mass is 302 g/mol.